The van der Waals surface area contributed by atoms with Gasteiger partial charge in [0.1, 0.15) is 18.1 Å². The molecule has 1 heterocycles. The Morgan fingerprint density at radius 1 is 1.12 bits per heavy atom. The molecule has 0 saturated carbocycles. The molecule has 2 aromatic carbocycles. The second-order valence-corrected chi connectivity index (χ2v) is 6.60. The second kappa shape index (κ2) is 7.70. The van der Waals surface area contributed by atoms with Gasteiger partial charge in [0.05, 0.1) is 0 Å². The van der Waals surface area contributed by atoms with Crippen molar-refractivity contribution in [3.8, 4) is 5.75 Å². The number of nitrogens with zero attached hydrogens (tertiary/aromatic N) is 2. The quantitative estimate of drug-likeness (QED) is 0.592. The molecule has 2 aromatic rings. The molecule has 0 spiro atoms. The van der Waals surface area contributed by atoms with E-state index in [-0.39, 0.29) is 5.91 Å². The molecule has 0 unspecified atom stereocenters. The third-order valence-corrected chi connectivity index (χ3v) is 4.88. The van der Waals surface area contributed by atoms with Gasteiger partial charge in [0.15, 0.2) is 5.11 Å². The lowest BCUT2D eigenvalue weighted by Gasteiger charge is -2.14. The predicted octanol–water partition coefficient (Wildman–Crippen LogP) is 3.99. The minimum absolute atomic E-state index is 0.0756. The van der Waals surface area contributed by atoms with Crippen molar-refractivity contribution in [2.24, 2.45) is 0 Å². The number of rotatable bonds is 5. The number of benzene rings is 2. The molecular formula is C21H22N2O2S. The third-order valence-electron chi connectivity index (χ3n) is 4.39. The minimum Gasteiger partial charge on any atom is -0.488 e. The van der Waals surface area contributed by atoms with Gasteiger partial charge in [0.2, 0.25) is 0 Å². The van der Waals surface area contributed by atoms with Crippen molar-refractivity contribution in [1.82, 2.24) is 9.80 Å². The second-order valence-electron chi connectivity index (χ2n) is 6.23. The molecule has 3 rings (SSSR count). The number of carbonyl (C=O) groups excluding carboxylic acids is 1. The maximum absolute atomic E-state index is 12.6. The molecule has 1 aliphatic heterocycles. The van der Waals surface area contributed by atoms with Crippen molar-refractivity contribution in [3.63, 3.8) is 0 Å². The van der Waals surface area contributed by atoms with Gasteiger partial charge in [0.25, 0.3) is 5.91 Å². The fourth-order valence-corrected chi connectivity index (χ4v) is 3.12. The zero-order valence-corrected chi connectivity index (χ0v) is 16.0. The van der Waals surface area contributed by atoms with E-state index in [9.17, 15) is 4.79 Å². The average Bonchev–Trinajstić information content (AvgIpc) is 2.85. The average molecular weight is 366 g/mol. The summed E-state index contributed by atoms with van der Waals surface area (Å²) in [4.78, 5) is 15.9. The normalized spacial score (nSPS) is 15.9. The number of para-hydroxylation sites is 1. The number of hydrogen-bond acceptors (Lipinski definition) is 3. The van der Waals surface area contributed by atoms with Gasteiger partial charge in [-0.05, 0) is 43.8 Å². The molecule has 0 radical (unpaired) electrons. The Balaban J connectivity index is 1.84. The van der Waals surface area contributed by atoms with Crippen molar-refractivity contribution in [1.29, 1.82) is 0 Å². The zero-order valence-electron chi connectivity index (χ0n) is 15.2. The monoisotopic (exact) mass is 366 g/mol. The zero-order chi connectivity index (χ0) is 18.7. The van der Waals surface area contributed by atoms with Crippen LogP contribution in [-0.2, 0) is 11.4 Å². The van der Waals surface area contributed by atoms with Crippen molar-refractivity contribution in [2.45, 2.75) is 20.5 Å². The fourth-order valence-electron chi connectivity index (χ4n) is 2.81. The Morgan fingerprint density at radius 3 is 2.46 bits per heavy atom. The molecule has 0 aromatic heterocycles. The predicted molar refractivity (Wildman–Crippen MR) is 108 cm³/mol. The van der Waals surface area contributed by atoms with E-state index in [2.05, 4.69) is 31.2 Å². The molecule has 0 N–H and O–H groups in total. The molecule has 0 aliphatic carbocycles. The Bertz CT molecular complexity index is 859. The van der Waals surface area contributed by atoms with Crippen molar-refractivity contribution < 1.29 is 9.53 Å². The molecule has 1 amide bonds. The largest absolute Gasteiger partial charge is 0.488 e. The fraction of sp³-hybridized carbons (Fsp3) is 0.238. The maximum Gasteiger partial charge on any atom is 0.276 e. The van der Waals surface area contributed by atoms with E-state index in [4.69, 9.17) is 17.0 Å². The first-order chi connectivity index (χ1) is 12.5. The number of thiocarbonyl (C=S) groups is 1. The van der Waals surface area contributed by atoms with Gasteiger partial charge in [-0.25, -0.2) is 0 Å². The molecule has 134 valence electrons. The first-order valence-electron chi connectivity index (χ1n) is 8.60. The van der Waals surface area contributed by atoms with Crippen LogP contribution >= 0.6 is 12.2 Å². The SMILES string of the molecule is CCN1C(=O)/C(=C/c2ccccc2OCc2ccc(C)cc2)N(C)C1=S. The molecule has 1 saturated heterocycles. The molecule has 0 bridgehead atoms. The summed E-state index contributed by atoms with van der Waals surface area (Å²) in [6.45, 7) is 5.01. The summed E-state index contributed by atoms with van der Waals surface area (Å²) in [5.41, 5.74) is 3.74. The Morgan fingerprint density at radius 2 is 1.81 bits per heavy atom. The van der Waals surface area contributed by atoms with Crippen molar-refractivity contribution in [2.75, 3.05) is 13.6 Å². The van der Waals surface area contributed by atoms with Crippen LogP contribution < -0.4 is 4.74 Å². The molecule has 5 heteroatoms. The highest BCUT2D eigenvalue weighted by molar-refractivity contribution is 7.80. The lowest BCUT2D eigenvalue weighted by molar-refractivity contribution is -0.122. The Labute approximate surface area is 159 Å². The summed E-state index contributed by atoms with van der Waals surface area (Å²) in [7, 11) is 1.82. The molecule has 1 aliphatic rings. The van der Waals surface area contributed by atoms with Gasteiger partial charge in [-0.3, -0.25) is 9.69 Å². The number of hydrogen-bond donors (Lipinski definition) is 0. The maximum atomic E-state index is 12.6. The smallest absolute Gasteiger partial charge is 0.276 e. The Hall–Kier alpha value is -2.66. The van der Waals surface area contributed by atoms with Crippen LogP contribution in [0.3, 0.4) is 0 Å². The van der Waals surface area contributed by atoms with E-state index in [1.165, 1.54) is 5.56 Å². The lowest BCUT2D eigenvalue weighted by Crippen LogP contribution is -2.30. The van der Waals surface area contributed by atoms with E-state index in [0.717, 1.165) is 16.9 Å². The molecule has 4 nitrogen and oxygen atoms in total. The number of aryl methyl sites for hydroxylation is 1. The highest BCUT2D eigenvalue weighted by atomic mass is 32.1. The number of ether oxygens (including phenoxy) is 1. The van der Waals surface area contributed by atoms with E-state index >= 15 is 0 Å². The molecule has 26 heavy (non-hydrogen) atoms. The lowest BCUT2D eigenvalue weighted by atomic mass is 10.1. The van der Waals surface area contributed by atoms with E-state index in [0.29, 0.717) is 24.0 Å². The summed E-state index contributed by atoms with van der Waals surface area (Å²) in [5, 5.41) is 0.529. The van der Waals surface area contributed by atoms with E-state index in [1.807, 2.05) is 44.3 Å². The summed E-state index contributed by atoms with van der Waals surface area (Å²) in [5.74, 6) is 0.663. The number of likely N-dealkylation sites (N-methyl/N-ethyl adjacent to an activating group) is 2. The van der Waals surface area contributed by atoms with Crippen LogP contribution in [0.25, 0.3) is 6.08 Å². The van der Waals surface area contributed by atoms with E-state index in [1.54, 1.807) is 9.80 Å². The van der Waals surface area contributed by atoms with Gasteiger partial charge >= 0.3 is 0 Å². The van der Waals surface area contributed by atoms with Crippen molar-refractivity contribution in [3.05, 3.63) is 70.9 Å². The highest BCUT2D eigenvalue weighted by Gasteiger charge is 2.34. The third kappa shape index (κ3) is 3.63. The van der Waals surface area contributed by atoms with Gasteiger partial charge < -0.3 is 9.64 Å². The summed E-state index contributed by atoms with van der Waals surface area (Å²) >= 11 is 5.35. The van der Waals surface area contributed by atoms with Crippen LogP contribution in [0, 0.1) is 6.92 Å². The van der Waals surface area contributed by atoms with E-state index < -0.39 is 0 Å². The Kier molecular flexibility index (Phi) is 5.38. The minimum atomic E-state index is -0.0756. The van der Waals surface area contributed by atoms with Crippen LogP contribution in [0.1, 0.15) is 23.6 Å². The van der Waals surface area contributed by atoms with Crippen molar-refractivity contribution >= 4 is 29.3 Å². The van der Waals surface area contributed by atoms with Crippen LogP contribution in [0.5, 0.6) is 5.75 Å². The summed E-state index contributed by atoms with van der Waals surface area (Å²) in [6.07, 6.45) is 1.84. The molecule has 1 fully saturated rings. The first kappa shape index (κ1) is 18.1. The molecule has 0 atom stereocenters. The van der Waals surface area contributed by atoms with Crippen LogP contribution in [0.15, 0.2) is 54.2 Å². The van der Waals surface area contributed by atoms with Crippen LogP contribution in [0.4, 0.5) is 0 Å². The first-order valence-corrected chi connectivity index (χ1v) is 9.00. The molecular weight excluding hydrogens is 344 g/mol. The standard InChI is InChI=1S/C21H22N2O2S/c1-4-23-20(24)18(22(3)21(23)26)13-17-7-5-6-8-19(17)25-14-16-11-9-15(2)10-12-16/h5-13H,4,14H2,1-3H3/b18-13-. The summed E-state index contributed by atoms with van der Waals surface area (Å²) < 4.78 is 6.00. The number of amides is 1. The summed E-state index contributed by atoms with van der Waals surface area (Å²) in [6, 6.07) is 16.0. The van der Waals surface area contributed by atoms with Gasteiger partial charge in [0, 0.05) is 19.2 Å². The number of carbonyl (C=O) groups is 1. The van der Waals surface area contributed by atoms with Crippen LogP contribution in [-0.4, -0.2) is 34.4 Å². The van der Waals surface area contributed by atoms with Gasteiger partial charge in [-0.1, -0.05) is 48.0 Å². The highest BCUT2D eigenvalue weighted by Crippen LogP contribution is 2.27. The van der Waals surface area contributed by atoms with Crippen LogP contribution in [0.2, 0.25) is 0 Å². The topological polar surface area (TPSA) is 32.8 Å². The van der Waals surface area contributed by atoms with Gasteiger partial charge in [-0.15, -0.1) is 0 Å². The van der Waals surface area contributed by atoms with Gasteiger partial charge in [-0.2, -0.15) is 0 Å².